The van der Waals surface area contributed by atoms with Crippen LogP contribution < -0.4 is 10.6 Å². The molecular formula is C15H22FN3O. The van der Waals surface area contributed by atoms with Crippen molar-refractivity contribution < 1.29 is 9.18 Å². The van der Waals surface area contributed by atoms with Crippen molar-refractivity contribution in [3.8, 4) is 0 Å². The number of amides is 2. The number of nitrogens with one attached hydrogen (secondary N) is 2. The molecule has 1 fully saturated rings. The largest absolute Gasteiger partial charge is 0.324 e. The second kappa shape index (κ2) is 7.24. The van der Waals surface area contributed by atoms with Gasteiger partial charge in [-0.1, -0.05) is 6.92 Å². The molecule has 1 aromatic carbocycles. The lowest BCUT2D eigenvalue weighted by atomic mass is 10.1. The van der Waals surface area contributed by atoms with E-state index in [1.165, 1.54) is 12.1 Å². The first-order valence-corrected chi connectivity index (χ1v) is 7.24. The Balaban J connectivity index is 1.78. The number of urea groups is 1. The van der Waals surface area contributed by atoms with E-state index in [1.54, 1.807) is 12.1 Å². The summed E-state index contributed by atoms with van der Waals surface area (Å²) in [7, 11) is 0. The Kier molecular flexibility index (Phi) is 5.35. The van der Waals surface area contributed by atoms with E-state index in [9.17, 15) is 9.18 Å². The van der Waals surface area contributed by atoms with Crippen molar-refractivity contribution in [3.63, 3.8) is 0 Å². The Morgan fingerprint density at radius 3 is 2.55 bits per heavy atom. The molecule has 5 heteroatoms. The smallest absolute Gasteiger partial charge is 0.321 e. The van der Waals surface area contributed by atoms with Gasteiger partial charge in [-0.3, -0.25) is 0 Å². The predicted octanol–water partition coefficient (Wildman–Crippen LogP) is 2.82. The van der Waals surface area contributed by atoms with Gasteiger partial charge < -0.3 is 15.5 Å². The fraction of sp³-hybridized carbons (Fsp3) is 0.533. The summed E-state index contributed by atoms with van der Waals surface area (Å²) in [4.78, 5) is 13.9. The molecule has 4 nitrogen and oxygen atoms in total. The summed E-state index contributed by atoms with van der Waals surface area (Å²) in [5.41, 5.74) is 0.627. The first-order chi connectivity index (χ1) is 9.69. The summed E-state index contributed by atoms with van der Waals surface area (Å²) in [5, 5.41) is 6.28. The van der Waals surface area contributed by atoms with Gasteiger partial charge in [0.1, 0.15) is 5.82 Å². The lowest BCUT2D eigenvalue weighted by molar-refractivity contribution is 0.189. The van der Waals surface area contributed by atoms with Gasteiger partial charge in [-0.15, -0.1) is 0 Å². The molecule has 0 aromatic heterocycles. The zero-order chi connectivity index (χ0) is 14.4. The molecule has 1 saturated heterocycles. The lowest BCUT2D eigenvalue weighted by Gasteiger charge is -2.32. The van der Waals surface area contributed by atoms with Gasteiger partial charge in [-0.25, -0.2) is 9.18 Å². The standard InChI is InChI=1S/C15H22FN3O/c1-2-9-17-13-7-10-19(11-8-13)15(20)18-14-5-3-12(16)4-6-14/h3-6,13,17H,2,7-11H2,1H3,(H,18,20). The van der Waals surface area contributed by atoms with Crippen LogP contribution in [0.5, 0.6) is 0 Å². The quantitative estimate of drug-likeness (QED) is 0.890. The fourth-order valence-corrected chi connectivity index (χ4v) is 2.37. The molecule has 0 saturated carbocycles. The van der Waals surface area contributed by atoms with E-state index >= 15 is 0 Å². The number of hydrogen-bond acceptors (Lipinski definition) is 2. The van der Waals surface area contributed by atoms with Crippen LogP contribution in [-0.2, 0) is 0 Å². The predicted molar refractivity (Wildman–Crippen MR) is 78.3 cm³/mol. The maximum absolute atomic E-state index is 12.8. The normalized spacial score (nSPS) is 16.2. The van der Waals surface area contributed by atoms with E-state index in [0.29, 0.717) is 11.7 Å². The third-order valence-corrected chi connectivity index (χ3v) is 3.56. The van der Waals surface area contributed by atoms with Gasteiger partial charge in [0.15, 0.2) is 0 Å². The molecular weight excluding hydrogens is 257 g/mol. The highest BCUT2D eigenvalue weighted by atomic mass is 19.1. The van der Waals surface area contributed by atoms with E-state index in [4.69, 9.17) is 0 Å². The van der Waals surface area contributed by atoms with Crippen molar-refractivity contribution >= 4 is 11.7 Å². The van der Waals surface area contributed by atoms with Gasteiger partial charge in [-0.2, -0.15) is 0 Å². The monoisotopic (exact) mass is 279 g/mol. The Hall–Kier alpha value is -1.62. The Morgan fingerprint density at radius 2 is 1.95 bits per heavy atom. The molecule has 0 radical (unpaired) electrons. The zero-order valence-electron chi connectivity index (χ0n) is 11.9. The first-order valence-electron chi connectivity index (χ1n) is 7.24. The Morgan fingerprint density at radius 1 is 1.30 bits per heavy atom. The van der Waals surface area contributed by atoms with Crippen LogP contribution in [0.1, 0.15) is 26.2 Å². The molecule has 1 aromatic rings. The molecule has 1 heterocycles. The molecule has 0 bridgehead atoms. The number of rotatable bonds is 4. The number of anilines is 1. The number of hydrogen-bond donors (Lipinski definition) is 2. The lowest BCUT2D eigenvalue weighted by Crippen LogP contribution is -2.46. The average Bonchev–Trinajstić information content (AvgIpc) is 2.48. The van der Waals surface area contributed by atoms with E-state index in [-0.39, 0.29) is 11.8 Å². The SMILES string of the molecule is CCCNC1CCN(C(=O)Nc2ccc(F)cc2)CC1. The first kappa shape index (κ1) is 14.8. The van der Waals surface area contributed by atoms with Crippen LogP contribution in [0.2, 0.25) is 0 Å². The minimum absolute atomic E-state index is 0.106. The number of halogens is 1. The summed E-state index contributed by atoms with van der Waals surface area (Å²) in [6, 6.07) is 6.24. The second-order valence-corrected chi connectivity index (χ2v) is 5.15. The van der Waals surface area contributed by atoms with Crippen LogP contribution in [0.25, 0.3) is 0 Å². The third-order valence-electron chi connectivity index (χ3n) is 3.56. The molecule has 1 aliphatic heterocycles. The van der Waals surface area contributed by atoms with Crippen molar-refractivity contribution in [3.05, 3.63) is 30.1 Å². The summed E-state index contributed by atoms with van der Waals surface area (Å²) in [6.07, 6.45) is 3.10. The average molecular weight is 279 g/mol. The van der Waals surface area contributed by atoms with Crippen LogP contribution in [0.4, 0.5) is 14.9 Å². The van der Waals surface area contributed by atoms with Crippen molar-refractivity contribution in [1.29, 1.82) is 0 Å². The van der Waals surface area contributed by atoms with Gasteiger partial charge in [0.25, 0.3) is 0 Å². The van der Waals surface area contributed by atoms with Crippen LogP contribution in [-0.4, -0.2) is 36.6 Å². The van der Waals surface area contributed by atoms with Crippen LogP contribution in [0.3, 0.4) is 0 Å². The number of nitrogens with zero attached hydrogens (tertiary/aromatic N) is 1. The second-order valence-electron chi connectivity index (χ2n) is 5.15. The Labute approximate surface area is 119 Å². The number of piperidine rings is 1. The maximum atomic E-state index is 12.8. The Bertz CT molecular complexity index is 427. The molecule has 0 aliphatic carbocycles. The summed E-state index contributed by atoms with van der Waals surface area (Å²) < 4.78 is 12.8. The molecule has 0 unspecified atom stereocenters. The molecule has 2 N–H and O–H groups in total. The fourth-order valence-electron chi connectivity index (χ4n) is 2.37. The topological polar surface area (TPSA) is 44.4 Å². The van der Waals surface area contributed by atoms with Crippen LogP contribution in [0, 0.1) is 5.82 Å². The van der Waals surface area contributed by atoms with Gasteiger partial charge in [-0.05, 0) is 50.1 Å². The number of carbonyl (C=O) groups is 1. The summed E-state index contributed by atoms with van der Waals surface area (Å²) >= 11 is 0. The molecule has 0 spiro atoms. The maximum Gasteiger partial charge on any atom is 0.321 e. The van der Waals surface area contributed by atoms with Crippen molar-refractivity contribution in [2.75, 3.05) is 25.0 Å². The molecule has 20 heavy (non-hydrogen) atoms. The number of carbonyl (C=O) groups excluding carboxylic acids is 1. The molecule has 110 valence electrons. The number of likely N-dealkylation sites (tertiary alicyclic amines) is 1. The molecule has 2 rings (SSSR count). The highest BCUT2D eigenvalue weighted by Crippen LogP contribution is 2.13. The molecule has 1 aliphatic rings. The summed E-state index contributed by atoms with van der Waals surface area (Å²) in [5.74, 6) is -0.300. The number of benzene rings is 1. The van der Waals surface area contributed by atoms with Crippen molar-refractivity contribution in [2.24, 2.45) is 0 Å². The van der Waals surface area contributed by atoms with Gasteiger partial charge in [0.05, 0.1) is 0 Å². The van der Waals surface area contributed by atoms with E-state index in [0.717, 1.165) is 38.9 Å². The van der Waals surface area contributed by atoms with E-state index in [1.807, 2.05) is 4.90 Å². The highest BCUT2D eigenvalue weighted by Gasteiger charge is 2.22. The minimum atomic E-state index is -0.300. The highest BCUT2D eigenvalue weighted by molar-refractivity contribution is 5.89. The van der Waals surface area contributed by atoms with Gasteiger partial charge in [0, 0.05) is 24.8 Å². The van der Waals surface area contributed by atoms with Crippen LogP contribution >= 0.6 is 0 Å². The van der Waals surface area contributed by atoms with Crippen LogP contribution in [0.15, 0.2) is 24.3 Å². The van der Waals surface area contributed by atoms with Gasteiger partial charge in [0.2, 0.25) is 0 Å². The summed E-state index contributed by atoms with van der Waals surface area (Å²) in [6.45, 7) is 4.70. The van der Waals surface area contributed by atoms with Crippen molar-refractivity contribution in [2.45, 2.75) is 32.2 Å². The van der Waals surface area contributed by atoms with Gasteiger partial charge >= 0.3 is 6.03 Å². The van der Waals surface area contributed by atoms with E-state index in [2.05, 4.69) is 17.6 Å². The molecule has 0 atom stereocenters. The molecule has 2 amide bonds. The minimum Gasteiger partial charge on any atom is -0.324 e. The van der Waals surface area contributed by atoms with Crippen molar-refractivity contribution in [1.82, 2.24) is 10.2 Å². The zero-order valence-corrected chi connectivity index (χ0v) is 11.9. The van der Waals surface area contributed by atoms with E-state index < -0.39 is 0 Å². The third kappa shape index (κ3) is 4.20.